The van der Waals surface area contributed by atoms with E-state index >= 15 is 0 Å². The van der Waals surface area contributed by atoms with Crippen LogP contribution in [0.2, 0.25) is 5.15 Å². The first-order valence-corrected chi connectivity index (χ1v) is 8.26. The number of aromatic amines is 1. The summed E-state index contributed by atoms with van der Waals surface area (Å²) in [6.45, 7) is 2.42. The van der Waals surface area contributed by atoms with Crippen LogP contribution in [0.25, 0.3) is 0 Å². The van der Waals surface area contributed by atoms with Crippen molar-refractivity contribution in [3.8, 4) is 0 Å². The average Bonchev–Trinajstić information content (AvgIpc) is 2.87. The SMILES string of the molecule is CSC(C)Cn1c(=O)[nH]c(Cl)c(C2CCCC2)c1=O. The van der Waals surface area contributed by atoms with E-state index in [1.165, 1.54) is 4.57 Å². The van der Waals surface area contributed by atoms with E-state index in [4.69, 9.17) is 11.6 Å². The Hall–Kier alpha value is -0.680. The van der Waals surface area contributed by atoms with Crippen molar-refractivity contribution < 1.29 is 0 Å². The molecule has 1 aromatic heterocycles. The molecule has 0 amide bonds. The Morgan fingerprint density at radius 3 is 2.63 bits per heavy atom. The van der Waals surface area contributed by atoms with E-state index in [0.29, 0.717) is 12.1 Å². The fourth-order valence-corrected chi connectivity index (χ4v) is 3.24. The Morgan fingerprint density at radius 1 is 1.42 bits per heavy atom. The summed E-state index contributed by atoms with van der Waals surface area (Å²) in [5, 5.41) is 0.450. The van der Waals surface area contributed by atoms with Gasteiger partial charge < -0.3 is 0 Å². The fraction of sp³-hybridized carbons (Fsp3) is 0.692. The van der Waals surface area contributed by atoms with Crippen LogP contribution in [0.5, 0.6) is 0 Å². The van der Waals surface area contributed by atoms with Gasteiger partial charge in [0.05, 0.1) is 5.56 Å². The first kappa shape index (κ1) is 14.7. The third kappa shape index (κ3) is 3.08. The molecule has 0 aliphatic heterocycles. The maximum atomic E-state index is 12.5. The molecule has 1 atom stereocenters. The lowest BCUT2D eigenvalue weighted by atomic mass is 10.0. The van der Waals surface area contributed by atoms with Crippen LogP contribution in [-0.2, 0) is 6.54 Å². The molecule has 1 fully saturated rings. The van der Waals surface area contributed by atoms with Crippen LogP contribution in [0.4, 0.5) is 0 Å². The summed E-state index contributed by atoms with van der Waals surface area (Å²) in [7, 11) is 0. The largest absolute Gasteiger partial charge is 0.329 e. The minimum Gasteiger partial charge on any atom is -0.297 e. The van der Waals surface area contributed by atoms with Crippen LogP contribution in [-0.4, -0.2) is 21.1 Å². The van der Waals surface area contributed by atoms with Crippen molar-refractivity contribution in [3.63, 3.8) is 0 Å². The van der Waals surface area contributed by atoms with Crippen LogP contribution >= 0.6 is 23.4 Å². The second kappa shape index (κ2) is 6.18. The summed E-state index contributed by atoms with van der Waals surface area (Å²) in [6.07, 6.45) is 6.19. The summed E-state index contributed by atoms with van der Waals surface area (Å²) in [5.41, 5.74) is -0.00809. The average molecular weight is 303 g/mol. The summed E-state index contributed by atoms with van der Waals surface area (Å²) in [6, 6.07) is 0. The van der Waals surface area contributed by atoms with Crippen molar-refractivity contribution in [2.24, 2.45) is 0 Å². The molecule has 1 heterocycles. The zero-order chi connectivity index (χ0) is 14.0. The van der Waals surface area contributed by atoms with Gasteiger partial charge in [0.1, 0.15) is 5.15 Å². The zero-order valence-corrected chi connectivity index (χ0v) is 12.8. The minimum absolute atomic E-state index is 0.202. The number of H-pyrrole nitrogens is 1. The molecule has 4 nitrogen and oxygen atoms in total. The number of nitrogens with one attached hydrogen (secondary N) is 1. The third-order valence-corrected chi connectivity index (χ3v) is 5.03. The predicted molar refractivity (Wildman–Crippen MR) is 80.5 cm³/mol. The van der Waals surface area contributed by atoms with Crippen LogP contribution in [0.1, 0.15) is 44.1 Å². The van der Waals surface area contributed by atoms with E-state index in [0.717, 1.165) is 25.7 Å². The van der Waals surface area contributed by atoms with Gasteiger partial charge in [-0.2, -0.15) is 11.8 Å². The van der Waals surface area contributed by atoms with E-state index in [9.17, 15) is 9.59 Å². The van der Waals surface area contributed by atoms with Gasteiger partial charge in [-0.05, 0) is 25.0 Å². The molecule has 2 rings (SSSR count). The van der Waals surface area contributed by atoms with Gasteiger partial charge in [0.25, 0.3) is 5.56 Å². The highest BCUT2D eigenvalue weighted by molar-refractivity contribution is 7.99. The second-order valence-electron chi connectivity index (χ2n) is 5.10. The van der Waals surface area contributed by atoms with E-state index in [1.807, 2.05) is 13.2 Å². The first-order chi connectivity index (χ1) is 9.04. The maximum absolute atomic E-state index is 12.5. The maximum Gasteiger partial charge on any atom is 0.329 e. The molecule has 1 aromatic rings. The summed E-state index contributed by atoms with van der Waals surface area (Å²) >= 11 is 7.72. The topological polar surface area (TPSA) is 54.9 Å². The molecule has 6 heteroatoms. The lowest BCUT2D eigenvalue weighted by Crippen LogP contribution is -2.39. The lowest BCUT2D eigenvalue weighted by Gasteiger charge is -2.15. The normalized spacial score (nSPS) is 17.8. The molecule has 1 saturated carbocycles. The third-order valence-electron chi connectivity index (χ3n) is 3.78. The molecule has 19 heavy (non-hydrogen) atoms. The molecular formula is C13H19ClN2O2S. The molecule has 1 unspecified atom stereocenters. The van der Waals surface area contributed by atoms with Gasteiger partial charge in [0.2, 0.25) is 0 Å². The molecule has 0 saturated heterocycles. The molecular weight excluding hydrogens is 284 g/mol. The zero-order valence-electron chi connectivity index (χ0n) is 11.2. The highest BCUT2D eigenvalue weighted by Crippen LogP contribution is 2.34. The number of thioether (sulfide) groups is 1. The van der Waals surface area contributed by atoms with Crippen molar-refractivity contribution in [3.05, 3.63) is 31.6 Å². The van der Waals surface area contributed by atoms with Crippen molar-refractivity contribution in [2.45, 2.75) is 50.3 Å². The second-order valence-corrected chi connectivity index (χ2v) is 6.76. The molecule has 0 radical (unpaired) electrons. The number of aromatic nitrogens is 2. The summed E-state index contributed by atoms with van der Waals surface area (Å²) in [5.74, 6) is 0.202. The first-order valence-electron chi connectivity index (χ1n) is 6.60. The molecule has 0 aromatic carbocycles. The number of nitrogens with zero attached hydrogens (tertiary/aromatic N) is 1. The van der Waals surface area contributed by atoms with Gasteiger partial charge in [-0.25, -0.2) is 4.79 Å². The highest BCUT2D eigenvalue weighted by atomic mass is 35.5. The van der Waals surface area contributed by atoms with Crippen LogP contribution < -0.4 is 11.2 Å². The Balaban J connectivity index is 2.47. The van der Waals surface area contributed by atoms with E-state index in [1.54, 1.807) is 11.8 Å². The highest BCUT2D eigenvalue weighted by Gasteiger charge is 2.25. The molecule has 1 N–H and O–H groups in total. The Kier molecular flexibility index (Phi) is 4.79. The van der Waals surface area contributed by atoms with Crippen LogP contribution in [0.15, 0.2) is 9.59 Å². The van der Waals surface area contributed by atoms with Crippen molar-refractivity contribution in [1.29, 1.82) is 0 Å². The lowest BCUT2D eigenvalue weighted by molar-refractivity contribution is 0.597. The number of hydrogen-bond acceptors (Lipinski definition) is 3. The molecule has 106 valence electrons. The van der Waals surface area contributed by atoms with Gasteiger partial charge in [0, 0.05) is 11.8 Å². The van der Waals surface area contributed by atoms with Crippen molar-refractivity contribution in [1.82, 2.24) is 9.55 Å². The molecule has 1 aliphatic rings. The van der Waals surface area contributed by atoms with E-state index in [2.05, 4.69) is 4.98 Å². The van der Waals surface area contributed by atoms with Gasteiger partial charge in [0.15, 0.2) is 0 Å². The Labute approximate surface area is 121 Å². The number of rotatable bonds is 4. The van der Waals surface area contributed by atoms with E-state index in [-0.39, 0.29) is 21.9 Å². The molecule has 1 aliphatic carbocycles. The van der Waals surface area contributed by atoms with Gasteiger partial charge in [-0.1, -0.05) is 31.4 Å². The number of halogens is 1. The molecule has 0 spiro atoms. The standard InChI is InChI=1S/C13H19ClN2O2S/c1-8(19-2)7-16-12(17)10(9-5-3-4-6-9)11(14)15-13(16)18/h8-9H,3-7H2,1-2H3,(H,15,18). The smallest absolute Gasteiger partial charge is 0.297 e. The van der Waals surface area contributed by atoms with Crippen LogP contribution in [0.3, 0.4) is 0 Å². The van der Waals surface area contributed by atoms with Gasteiger partial charge in [-0.3, -0.25) is 14.3 Å². The van der Waals surface area contributed by atoms with Gasteiger partial charge in [-0.15, -0.1) is 0 Å². The van der Waals surface area contributed by atoms with Crippen LogP contribution in [0, 0.1) is 0 Å². The quantitative estimate of drug-likeness (QED) is 0.870. The monoisotopic (exact) mass is 302 g/mol. The fourth-order valence-electron chi connectivity index (χ4n) is 2.63. The summed E-state index contributed by atoms with van der Waals surface area (Å²) in [4.78, 5) is 27.0. The van der Waals surface area contributed by atoms with E-state index < -0.39 is 5.69 Å². The Bertz CT molecular complexity index is 561. The van der Waals surface area contributed by atoms with Gasteiger partial charge >= 0.3 is 5.69 Å². The van der Waals surface area contributed by atoms with Crippen molar-refractivity contribution in [2.75, 3.05) is 6.26 Å². The predicted octanol–water partition coefficient (Wildman–Crippen LogP) is 2.60. The Morgan fingerprint density at radius 2 is 2.05 bits per heavy atom. The number of hydrogen-bond donors (Lipinski definition) is 1. The molecule has 0 bridgehead atoms. The van der Waals surface area contributed by atoms with Crippen molar-refractivity contribution >= 4 is 23.4 Å². The summed E-state index contributed by atoms with van der Waals surface area (Å²) < 4.78 is 1.29. The minimum atomic E-state index is -0.405.